The molecule has 0 N–H and O–H groups in total. The topological polar surface area (TPSA) is 42.3 Å². The Hall–Kier alpha value is -1.85. The van der Waals surface area contributed by atoms with Gasteiger partial charge >= 0.3 is 0 Å². The van der Waals surface area contributed by atoms with E-state index in [2.05, 4.69) is 4.57 Å². The molecule has 1 aliphatic rings. The van der Waals surface area contributed by atoms with Crippen molar-refractivity contribution in [3.8, 4) is 0 Å². The smallest absolute Gasteiger partial charge is 0.236 e. The monoisotopic (exact) mass is 302 g/mol. The third-order valence-electron chi connectivity index (χ3n) is 3.84. The number of benzene rings is 1. The number of fused-ring (bicyclic) bond motifs is 1. The third-order valence-corrected chi connectivity index (χ3v) is 5.48. The molecule has 110 valence electrons. The van der Waals surface area contributed by atoms with Crippen molar-refractivity contribution in [1.82, 2.24) is 8.87 Å². The Labute approximate surface area is 125 Å². The third kappa shape index (κ3) is 2.80. The predicted octanol–water partition coefficient (Wildman–Crippen LogP) is 2.87. The highest BCUT2D eigenvalue weighted by Crippen LogP contribution is 2.28. The van der Waals surface area contributed by atoms with E-state index in [0.717, 1.165) is 11.3 Å². The normalized spacial score (nSPS) is 19.8. The standard InChI is InChI=1S/C16H18N2O2S/c1-14-16-8-5-10-17(16)11-12-18(14)21(19,20)13-9-15-6-3-2-4-7-15/h2-10,13-14H,11-12H2,1H3/b13-9+/t14-/m0/s1. The highest BCUT2D eigenvalue weighted by molar-refractivity contribution is 7.92. The number of hydrogen-bond donors (Lipinski definition) is 0. The highest BCUT2D eigenvalue weighted by Gasteiger charge is 2.30. The van der Waals surface area contributed by atoms with Gasteiger partial charge < -0.3 is 4.57 Å². The van der Waals surface area contributed by atoms with E-state index in [1.165, 1.54) is 5.41 Å². The molecule has 0 amide bonds. The lowest BCUT2D eigenvalue weighted by Gasteiger charge is -2.32. The molecule has 0 saturated heterocycles. The lowest BCUT2D eigenvalue weighted by atomic mass is 10.2. The summed E-state index contributed by atoms with van der Waals surface area (Å²) < 4.78 is 28.7. The maximum atomic E-state index is 12.5. The summed E-state index contributed by atoms with van der Waals surface area (Å²) in [5, 5.41) is 1.30. The van der Waals surface area contributed by atoms with Crippen molar-refractivity contribution >= 4 is 16.1 Å². The summed E-state index contributed by atoms with van der Waals surface area (Å²) >= 11 is 0. The van der Waals surface area contributed by atoms with Crippen molar-refractivity contribution < 1.29 is 8.42 Å². The van der Waals surface area contributed by atoms with Gasteiger partial charge in [0.1, 0.15) is 0 Å². The number of hydrogen-bond acceptors (Lipinski definition) is 2. The molecule has 0 spiro atoms. The van der Waals surface area contributed by atoms with Gasteiger partial charge in [-0.05, 0) is 30.7 Å². The van der Waals surface area contributed by atoms with Crippen LogP contribution in [0.5, 0.6) is 0 Å². The fraction of sp³-hybridized carbons (Fsp3) is 0.250. The van der Waals surface area contributed by atoms with E-state index in [9.17, 15) is 8.42 Å². The first-order chi connectivity index (χ1) is 10.1. The van der Waals surface area contributed by atoms with Crippen LogP contribution < -0.4 is 0 Å². The fourth-order valence-electron chi connectivity index (χ4n) is 2.71. The molecule has 1 aromatic heterocycles. The van der Waals surface area contributed by atoms with E-state index in [1.54, 1.807) is 10.4 Å². The van der Waals surface area contributed by atoms with E-state index in [4.69, 9.17) is 0 Å². The van der Waals surface area contributed by atoms with Crippen LogP contribution in [0.15, 0.2) is 54.1 Å². The Balaban J connectivity index is 1.85. The van der Waals surface area contributed by atoms with Gasteiger partial charge in [0.2, 0.25) is 10.0 Å². The molecule has 5 heteroatoms. The molecule has 0 fully saturated rings. The van der Waals surface area contributed by atoms with Crippen LogP contribution in [0.2, 0.25) is 0 Å². The van der Waals surface area contributed by atoms with Crippen LogP contribution >= 0.6 is 0 Å². The summed E-state index contributed by atoms with van der Waals surface area (Å²) in [6.07, 6.45) is 3.64. The first-order valence-corrected chi connectivity index (χ1v) is 8.48. The molecule has 1 aliphatic heterocycles. The minimum absolute atomic E-state index is 0.140. The summed E-state index contributed by atoms with van der Waals surface area (Å²) in [6, 6.07) is 13.3. The molecular weight excluding hydrogens is 284 g/mol. The molecule has 3 rings (SSSR count). The van der Waals surface area contributed by atoms with E-state index < -0.39 is 10.0 Å². The summed E-state index contributed by atoms with van der Waals surface area (Å²) in [5.41, 5.74) is 1.92. The molecule has 2 aromatic rings. The van der Waals surface area contributed by atoms with E-state index >= 15 is 0 Å². The van der Waals surface area contributed by atoms with Crippen LogP contribution in [-0.2, 0) is 16.6 Å². The molecule has 4 nitrogen and oxygen atoms in total. The van der Waals surface area contributed by atoms with Gasteiger partial charge in [-0.2, -0.15) is 4.31 Å². The number of nitrogens with zero attached hydrogens (tertiary/aromatic N) is 2. The zero-order valence-corrected chi connectivity index (χ0v) is 12.7. The van der Waals surface area contributed by atoms with Crippen LogP contribution in [0, 0.1) is 0 Å². The molecular formula is C16H18N2O2S. The molecule has 0 bridgehead atoms. The van der Waals surface area contributed by atoms with Crippen molar-refractivity contribution in [2.45, 2.75) is 19.5 Å². The second-order valence-electron chi connectivity index (χ2n) is 5.17. The van der Waals surface area contributed by atoms with Gasteiger partial charge in [-0.15, -0.1) is 0 Å². The minimum Gasteiger partial charge on any atom is -0.349 e. The molecule has 0 unspecified atom stereocenters. The van der Waals surface area contributed by atoms with E-state index in [-0.39, 0.29) is 6.04 Å². The highest BCUT2D eigenvalue weighted by atomic mass is 32.2. The average molecular weight is 302 g/mol. The Morgan fingerprint density at radius 2 is 1.86 bits per heavy atom. The largest absolute Gasteiger partial charge is 0.349 e. The first-order valence-electron chi connectivity index (χ1n) is 6.98. The van der Waals surface area contributed by atoms with Gasteiger partial charge in [0.25, 0.3) is 0 Å². The molecule has 0 saturated carbocycles. The quantitative estimate of drug-likeness (QED) is 0.875. The number of rotatable bonds is 3. The number of aromatic nitrogens is 1. The maximum absolute atomic E-state index is 12.5. The van der Waals surface area contributed by atoms with Crippen molar-refractivity contribution in [2.75, 3.05) is 6.54 Å². The first kappa shape index (κ1) is 14.1. The molecule has 1 atom stereocenters. The van der Waals surface area contributed by atoms with E-state index in [0.29, 0.717) is 13.1 Å². The molecule has 2 heterocycles. The SMILES string of the molecule is C[C@H]1c2cccn2CCN1S(=O)(=O)/C=C/c1ccccc1. The van der Waals surface area contributed by atoms with Crippen molar-refractivity contribution in [3.05, 3.63) is 65.3 Å². The molecule has 1 aromatic carbocycles. The van der Waals surface area contributed by atoms with Crippen molar-refractivity contribution in [3.63, 3.8) is 0 Å². The van der Waals surface area contributed by atoms with E-state index in [1.807, 2.05) is 55.6 Å². The van der Waals surface area contributed by atoms with Crippen LogP contribution in [0.4, 0.5) is 0 Å². The lowest BCUT2D eigenvalue weighted by molar-refractivity contribution is 0.285. The lowest BCUT2D eigenvalue weighted by Crippen LogP contribution is -2.39. The van der Waals surface area contributed by atoms with Crippen molar-refractivity contribution in [2.24, 2.45) is 0 Å². The van der Waals surface area contributed by atoms with Crippen LogP contribution in [0.1, 0.15) is 24.2 Å². The van der Waals surface area contributed by atoms with Crippen LogP contribution in [0.25, 0.3) is 6.08 Å². The Morgan fingerprint density at radius 3 is 2.62 bits per heavy atom. The van der Waals surface area contributed by atoms with Crippen molar-refractivity contribution in [1.29, 1.82) is 0 Å². The summed E-state index contributed by atoms with van der Waals surface area (Å²) in [5.74, 6) is 0. The maximum Gasteiger partial charge on any atom is 0.236 e. The second-order valence-corrected chi connectivity index (χ2v) is 6.94. The minimum atomic E-state index is -3.41. The van der Waals surface area contributed by atoms with Gasteiger partial charge in [0.15, 0.2) is 0 Å². The molecule has 0 radical (unpaired) electrons. The van der Waals surface area contributed by atoms with Gasteiger partial charge in [0.05, 0.1) is 6.04 Å². The molecule has 21 heavy (non-hydrogen) atoms. The number of sulfonamides is 1. The zero-order valence-electron chi connectivity index (χ0n) is 11.9. The van der Waals surface area contributed by atoms with Gasteiger partial charge in [0, 0.05) is 30.4 Å². The second kappa shape index (κ2) is 5.50. The van der Waals surface area contributed by atoms with Crippen LogP contribution in [0.3, 0.4) is 0 Å². The van der Waals surface area contributed by atoms with Crippen LogP contribution in [-0.4, -0.2) is 23.8 Å². The Morgan fingerprint density at radius 1 is 1.10 bits per heavy atom. The van der Waals surface area contributed by atoms with Gasteiger partial charge in [-0.1, -0.05) is 30.3 Å². The van der Waals surface area contributed by atoms with Gasteiger partial charge in [-0.3, -0.25) is 0 Å². The molecule has 0 aliphatic carbocycles. The Bertz CT molecular complexity index is 748. The summed E-state index contributed by atoms with van der Waals surface area (Å²) in [6.45, 7) is 3.13. The fourth-order valence-corrected chi connectivity index (χ4v) is 4.08. The van der Waals surface area contributed by atoms with Gasteiger partial charge in [-0.25, -0.2) is 8.42 Å². The Kier molecular flexibility index (Phi) is 3.69. The zero-order chi connectivity index (χ0) is 14.9. The average Bonchev–Trinajstić information content (AvgIpc) is 2.96. The summed E-state index contributed by atoms with van der Waals surface area (Å²) in [4.78, 5) is 0. The predicted molar refractivity (Wildman–Crippen MR) is 83.9 cm³/mol. The summed E-state index contributed by atoms with van der Waals surface area (Å²) in [7, 11) is -3.41.